The molecule has 0 radical (unpaired) electrons. The Morgan fingerprint density at radius 2 is 1.52 bits per heavy atom. The van der Waals surface area contributed by atoms with E-state index in [1.807, 2.05) is 30.3 Å². The van der Waals surface area contributed by atoms with Crippen LogP contribution in [0.15, 0.2) is 83.9 Å². The smallest absolute Gasteiger partial charge is 0.357 e. The van der Waals surface area contributed by atoms with Gasteiger partial charge >= 0.3 is 5.97 Å². The third-order valence-corrected chi connectivity index (χ3v) is 3.64. The Kier molecular flexibility index (Phi) is 5.94. The van der Waals surface area contributed by atoms with Crippen molar-refractivity contribution in [2.45, 2.75) is 6.92 Å². The van der Waals surface area contributed by atoms with E-state index in [1.165, 1.54) is 24.3 Å². The van der Waals surface area contributed by atoms with Crippen molar-refractivity contribution in [1.82, 2.24) is 0 Å². The van der Waals surface area contributed by atoms with Gasteiger partial charge in [-0.25, -0.2) is 14.2 Å². The number of hydrogen-bond acceptors (Lipinski definition) is 4. The Morgan fingerprint density at radius 3 is 2.15 bits per heavy atom. The molecule has 0 aliphatic carbocycles. The summed E-state index contributed by atoms with van der Waals surface area (Å²) in [5.41, 5.74) is 1.16. The van der Waals surface area contributed by atoms with Crippen molar-refractivity contribution in [2.24, 2.45) is 4.99 Å². The molecule has 0 aliphatic heterocycles. The maximum absolute atomic E-state index is 13.2. The van der Waals surface area contributed by atoms with Crippen LogP contribution in [0.1, 0.15) is 12.5 Å². The lowest BCUT2D eigenvalue weighted by atomic mass is 10.1. The molecular weight excluding hydrogens is 345 g/mol. The minimum atomic E-state index is -0.561. The van der Waals surface area contributed by atoms with Gasteiger partial charge in [0, 0.05) is 5.56 Å². The van der Waals surface area contributed by atoms with E-state index in [-0.39, 0.29) is 18.1 Å². The number of rotatable bonds is 6. The first kappa shape index (κ1) is 18.3. The van der Waals surface area contributed by atoms with E-state index in [2.05, 4.69) is 4.99 Å². The van der Waals surface area contributed by atoms with Crippen LogP contribution >= 0.6 is 0 Å². The van der Waals surface area contributed by atoms with E-state index in [0.717, 1.165) is 5.75 Å². The highest BCUT2D eigenvalue weighted by Crippen LogP contribution is 2.24. The summed E-state index contributed by atoms with van der Waals surface area (Å²) in [5, 5.41) is 0. The third kappa shape index (κ3) is 5.01. The maximum Gasteiger partial charge on any atom is 0.357 e. The van der Waals surface area contributed by atoms with Gasteiger partial charge in [0.2, 0.25) is 0 Å². The topological polar surface area (TPSA) is 47.9 Å². The van der Waals surface area contributed by atoms with Crippen molar-refractivity contribution in [3.05, 3.63) is 90.2 Å². The van der Waals surface area contributed by atoms with Gasteiger partial charge in [0.1, 0.15) is 17.3 Å². The first-order chi connectivity index (χ1) is 13.2. The summed E-state index contributed by atoms with van der Waals surface area (Å²) >= 11 is 0. The number of carbonyl (C=O) groups excluding carboxylic acids is 1. The zero-order valence-corrected chi connectivity index (χ0v) is 14.8. The SMILES string of the molecule is CCOC(=O)C(=Nc1ccc(Oc2ccccc2)cc1)c1ccc(F)cc1. The van der Waals surface area contributed by atoms with E-state index in [0.29, 0.717) is 17.0 Å². The Bertz CT molecular complexity index is 920. The quantitative estimate of drug-likeness (QED) is 0.441. The maximum atomic E-state index is 13.2. The highest BCUT2D eigenvalue weighted by molar-refractivity contribution is 6.43. The number of hydrogen-bond donors (Lipinski definition) is 0. The number of benzene rings is 3. The van der Waals surface area contributed by atoms with Crippen LogP contribution in [0.5, 0.6) is 11.5 Å². The fourth-order valence-electron chi connectivity index (χ4n) is 2.38. The molecule has 0 amide bonds. The average molecular weight is 363 g/mol. The number of esters is 1. The number of nitrogens with zero attached hydrogens (tertiary/aromatic N) is 1. The molecule has 0 fully saturated rings. The Labute approximate surface area is 156 Å². The molecule has 3 aromatic rings. The summed E-state index contributed by atoms with van der Waals surface area (Å²) < 4.78 is 24.0. The van der Waals surface area contributed by atoms with Crippen molar-refractivity contribution < 1.29 is 18.7 Å². The van der Waals surface area contributed by atoms with Gasteiger partial charge in [-0.15, -0.1) is 0 Å². The van der Waals surface area contributed by atoms with Gasteiger partial charge < -0.3 is 9.47 Å². The first-order valence-corrected chi connectivity index (χ1v) is 8.50. The number of aliphatic imine (C=N–C) groups is 1. The molecule has 4 nitrogen and oxygen atoms in total. The Hall–Kier alpha value is -3.47. The van der Waals surface area contributed by atoms with Crippen LogP contribution in [0.25, 0.3) is 0 Å². The molecule has 0 spiro atoms. The first-order valence-electron chi connectivity index (χ1n) is 8.50. The largest absolute Gasteiger partial charge is 0.461 e. The summed E-state index contributed by atoms with van der Waals surface area (Å²) in [7, 11) is 0. The molecule has 0 heterocycles. The Balaban J connectivity index is 1.85. The van der Waals surface area contributed by atoms with Crippen molar-refractivity contribution in [1.29, 1.82) is 0 Å². The molecule has 3 rings (SSSR count). The van der Waals surface area contributed by atoms with Gasteiger partial charge in [-0.3, -0.25) is 0 Å². The number of halogens is 1. The van der Waals surface area contributed by atoms with E-state index in [1.54, 1.807) is 31.2 Å². The van der Waals surface area contributed by atoms with E-state index >= 15 is 0 Å². The summed E-state index contributed by atoms with van der Waals surface area (Å²) in [6, 6.07) is 22.0. The molecule has 0 unspecified atom stereocenters. The van der Waals surface area contributed by atoms with Gasteiger partial charge in [-0.05, 0) is 67.6 Å². The second-order valence-corrected chi connectivity index (χ2v) is 5.60. The lowest BCUT2D eigenvalue weighted by molar-refractivity contribution is -0.134. The predicted molar refractivity (Wildman–Crippen MR) is 102 cm³/mol. The molecule has 27 heavy (non-hydrogen) atoms. The van der Waals surface area contributed by atoms with E-state index < -0.39 is 5.97 Å². The minimum Gasteiger partial charge on any atom is -0.461 e. The van der Waals surface area contributed by atoms with Crippen LogP contribution in [0.3, 0.4) is 0 Å². The van der Waals surface area contributed by atoms with Crippen LogP contribution in [0.2, 0.25) is 0 Å². The average Bonchev–Trinajstić information content (AvgIpc) is 2.69. The molecule has 0 aliphatic rings. The molecule has 0 bridgehead atoms. The molecule has 5 heteroatoms. The Morgan fingerprint density at radius 1 is 0.889 bits per heavy atom. The number of carbonyl (C=O) groups is 1. The fraction of sp³-hybridized carbons (Fsp3) is 0.0909. The summed E-state index contributed by atoms with van der Waals surface area (Å²) in [6.45, 7) is 1.94. The van der Waals surface area contributed by atoms with Gasteiger partial charge in [-0.2, -0.15) is 0 Å². The zero-order chi connectivity index (χ0) is 19.1. The summed E-state index contributed by atoms with van der Waals surface area (Å²) in [4.78, 5) is 16.7. The molecule has 0 aromatic heterocycles. The minimum absolute atomic E-state index is 0.119. The third-order valence-electron chi connectivity index (χ3n) is 3.64. The van der Waals surface area contributed by atoms with Gasteiger partial charge in [-0.1, -0.05) is 18.2 Å². The lowest BCUT2D eigenvalue weighted by Crippen LogP contribution is -2.18. The predicted octanol–water partition coefficient (Wildman–Crippen LogP) is 5.30. The number of ether oxygens (including phenoxy) is 2. The molecule has 136 valence electrons. The molecular formula is C22H18FNO3. The van der Waals surface area contributed by atoms with Crippen molar-refractivity contribution in [3.8, 4) is 11.5 Å². The fourth-order valence-corrected chi connectivity index (χ4v) is 2.38. The molecule has 0 atom stereocenters. The highest BCUT2D eigenvalue weighted by atomic mass is 19.1. The van der Waals surface area contributed by atoms with Crippen molar-refractivity contribution >= 4 is 17.4 Å². The van der Waals surface area contributed by atoms with Crippen LogP contribution < -0.4 is 4.74 Å². The van der Waals surface area contributed by atoms with Crippen molar-refractivity contribution in [2.75, 3.05) is 6.61 Å². The zero-order valence-electron chi connectivity index (χ0n) is 14.8. The monoisotopic (exact) mass is 363 g/mol. The summed E-state index contributed by atoms with van der Waals surface area (Å²) in [5.74, 6) is 0.435. The molecule has 0 saturated carbocycles. The normalized spacial score (nSPS) is 11.1. The van der Waals surface area contributed by atoms with Gasteiger partial charge in [0.25, 0.3) is 0 Å². The van der Waals surface area contributed by atoms with Crippen LogP contribution in [0, 0.1) is 5.82 Å². The summed E-state index contributed by atoms with van der Waals surface area (Å²) in [6.07, 6.45) is 0. The molecule has 3 aromatic carbocycles. The lowest BCUT2D eigenvalue weighted by Gasteiger charge is -2.08. The van der Waals surface area contributed by atoms with Crippen LogP contribution in [-0.4, -0.2) is 18.3 Å². The van der Waals surface area contributed by atoms with Crippen LogP contribution in [0.4, 0.5) is 10.1 Å². The van der Waals surface area contributed by atoms with Crippen LogP contribution in [-0.2, 0) is 9.53 Å². The molecule has 0 N–H and O–H groups in total. The second-order valence-electron chi connectivity index (χ2n) is 5.60. The van der Waals surface area contributed by atoms with E-state index in [9.17, 15) is 9.18 Å². The molecule has 0 saturated heterocycles. The van der Waals surface area contributed by atoms with Gasteiger partial charge in [0.15, 0.2) is 5.71 Å². The second kappa shape index (κ2) is 8.76. The van der Waals surface area contributed by atoms with Gasteiger partial charge in [0.05, 0.1) is 12.3 Å². The van der Waals surface area contributed by atoms with Crippen molar-refractivity contribution in [3.63, 3.8) is 0 Å². The van der Waals surface area contributed by atoms with E-state index in [4.69, 9.17) is 9.47 Å². The number of para-hydroxylation sites is 1. The standard InChI is InChI=1S/C22H18FNO3/c1-2-26-22(25)21(16-8-10-17(23)11-9-16)24-18-12-14-20(15-13-18)27-19-6-4-3-5-7-19/h3-15H,2H2,1H3. The highest BCUT2D eigenvalue weighted by Gasteiger charge is 2.15.